The molecule has 2 nitrogen and oxygen atoms in total. The van der Waals surface area contributed by atoms with Gasteiger partial charge in [0.15, 0.2) is 8.07 Å². The number of rotatable bonds is 5. The summed E-state index contributed by atoms with van der Waals surface area (Å²) >= 11 is 0. The molecule has 0 spiro atoms. The van der Waals surface area contributed by atoms with E-state index in [0.29, 0.717) is 0 Å². The zero-order valence-electron chi connectivity index (χ0n) is 8.80. The number of diazo groups is 1. The molecule has 1 atom stereocenters. The Labute approximate surface area is 77.0 Å². The van der Waals surface area contributed by atoms with Gasteiger partial charge in [0, 0.05) is 6.42 Å². The van der Waals surface area contributed by atoms with Gasteiger partial charge in [0.05, 0.1) is 0 Å². The van der Waals surface area contributed by atoms with E-state index in [4.69, 9.17) is 5.39 Å². The fraction of sp³-hybridized carbons (Fsp3) is 1.00. The van der Waals surface area contributed by atoms with Crippen LogP contribution in [0.5, 0.6) is 0 Å². The van der Waals surface area contributed by atoms with Crippen LogP contribution in [0.1, 0.15) is 32.6 Å². The molecule has 0 fully saturated rings. The van der Waals surface area contributed by atoms with E-state index in [1.165, 1.54) is 19.3 Å². The monoisotopic (exact) mass is 185 g/mol. The van der Waals surface area contributed by atoms with Crippen LogP contribution < -0.4 is 0 Å². The van der Waals surface area contributed by atoms with Crippen molar-refractivity contribution in [1.29, 1.82) is 5.39 Å². The van der Waals surface area contributed by atoms with E-state index in [1.54, 1.807) is 0 Å². The lowest BCUT2D eigenvalue weighted by atomic mass is 10.2. The molecule has 0 radical (unpaired) electrons. The molecule has 0 aromatic heterocycles. The molecule has 0 saturated heterocycles. The molecule has 0 rings (SSSR count). The molecular weight excluding hydrogens is 164 g/mol. The highest BCUT2D eigenvalue weighted by atomic mass is 28.3. The summed E-state index contributed by atoms with van der Waals surface area (Å²) in [6.45, 7) is 8.95. The first kappa shape index (κ1) is 11.6. The van der Waals surface area contributed by atoms with Crippen LogP contribution in [0.15, 0.2) is 0 Å². The Hall–Kier alpha value is -0.363. The van der Waals surface area contributed by atoms with Gasteiger partial charge in [0.1, 0.15) is 4.98 Å². The number of nitrogens with zero attached hydrogens (tertiary/aromatic N) is 2. The van der Waals surface area contributed by atoms with E-state index in [-0.39, 0.29) is 5.67 Å². The first-order chi connectivity index (χ1) is 5.52. The minimum absolute atomic E-state index is 0.240. The summed E-state index contributed by atoms with van der Waals surface area (Å²) in [5, 5.41) is 8.82. The first-order valence-electron chi connectivity index (χ1n) is 4.86. The van der Waals surface area contributed by atoms with Crippen molar-refractivity contribution in [2.24, 2.45) is 0 Å². The normalized spacial score (nSPS) is 13.9. The molecule has 0 heterocycles. The van der Waals surface area contributed by atoms with Gasteiger partial charge >= 0.3 is 0 Å². The Morgan fingerprint density at radius 2 is 1.83 bits per heavy atom. The van der Waals surface area contributed by atoms with Crippen molar-refractivity contribution in [3.63, 3.8) is 0 Å². The van der Waals surface area contributed by atoms with Crippen LogP contribution in [0, 0.1) is 5.39 Å². The van der Waals surface area contributed by atoms with E-state index < -0.39 is 8.07 Å². The first-order valence-corrected chi connectivity index (χ1v) is 8.44. The fourth-order valence-electron chi connectivity index (χ4n) is 1.25. The van der Waals surface area contributed by atoms with Gasteiger partial charge in [0.25, 0.3) is 5.67 Å². The molecule has 0 saturated carbocycles. The van der Waals surface area contributed by atoms with Crippen molar-refractivity contribution < 1.29 is 0 Å². The average Bonchev–Trinajstić information content (AvgIpc) is 1.95. The second-order valence-corrected chi connectivity index (χ2v) is 9.89. The predicted octanol–water partition coefficient (Wildman–Crippen LogP) is 3.67. The summed E-state index contributed by atoms with van der Waals surface area (Å²) in [5.41, 5.74) is 0.240. The summed E-state index contributed by atoms with van der Waals surface area (Å²) in [4.78, 5) is 3.49. The number of hydrogen-bond donors (Lipinski definition) is 0. The lowest BCUT2D eigenvalue weighted by molar-refractivity contribution is 0.665. The third-order valence-corrected chi connectivity index (χ3v) is 4.62. The van der Waals surface area contributed by atoms with Crippen LogP contribution in [0.3, 0.4) is 0 Å². The zero-order chi connectivity index (χ0) is 9.61. The lowest BCUT2D eigenvalue weighted by Crippen LogP contribution is -2.35. The quantitative estimate of drug-likeness (QED) is 0.365. The Kier molecular flexibility index (Phi) is 5.15. The Morgan fingerprint density at radius 1 is 1.25 bits per heavy atom. The highest BCUT2D eigenvalue weighted by molar-refractivity contribution is 6.78. The number of hydrogen-bond acceptors (Lipinski definition) is 1. The van der Waals surface area contributed by atoms with Gasteiger partial charge in [-0.3, -0.25) is 0 Å². The van der Waals surface area contributed by atoms with Crippen molar-refractivity contribution >= 4 is 8.07 Å². The van der Waals surface area contributed by atoms with Gasteiger partial charge in [-0.25, -0.2) is 0 Å². The van der Waals surface area contributed by atoms with E-state index in [0.717, 1.165) is 6.42 Å². The molecule has 1 unspecified atom stereocenters. The molecule has 0 aliphatic heterocycles. The van der Waals surface area contributed by atoms with Crippen LogP contribution in [0.4, 0.5) is 0 Å². The molecule has 0 aromatic carbocycles. The van der Waals surface area contributed by atoms with Gasteiger partial charge in [0.2, 0.25) is 5.39 Å². The molecule has 0 aromatic rings. The predicted molar refractivity (Wildman–Crippen MR) is 56.4 cm³/mol. The van der Waals surface area contributed by atoms with Crippen LogP contribution in [0.25, 0.3) is 4.98 Å². The lowest BCUT2D eigenvalue weighted by Gasteiger charge is -2.12. The zero-order valence-corrected chi connectivity index (χ0v) is 9.80. The molecule has 0 amide bonds. The standard InChI is InChI=1S/C9H21N2Si/c1-5-6-7-8-9(11-10)12(2,3)4/h9H,5-8H2,1-4H3/q+1. The smallest absolute Gasteiger partial charge is 0.0654 e. The highest BCUT2D eigenvalue weighted by Gasteiger charge is 2.36. The highest BCUT2D eigenvalue weighted by Crippen LogP contribution is 2.17. The van der Waals surface area contributed by atoms with Crippen molar-refractivity contribution in [1.82, 2.24) is 0 Å². The summed E-state index contributed by atoms with van der Waals surface area (Å²) in [6.07, 6.45) is 4.77. The summed E-state index contributed by atoms with van der Waals surface area (Å²) in [7, 11) is -1.25. The Bertz CT molecular complexity index is 155. The average molecular weight is 185 g/mol. The Morgan fingerprint density at radius 3 is 2.17 bits per heavy atom. The van der Waals surface area contributed by atoms with E-state index in [1.807, 2.05) is 0 Å². The molecular formula is C9H21N2Si+. The molecule has 70 valence electrons. The minimum atomic E-state index is -1.25. The van der Waals surface area contributed by atoms with Crippen molar-refractivity contribution in [2.75, 3.05) is 0 Å². The van der Waals surface area contributed by atoms with E-state index in [9.17, 15) is 0 Å². The van der Waals surface area contributed by atoms with E-state index in [2.05, 4.69) is 31.5 Å². The third kappa shape index (κ3) is 4.50. The van der Waals surface area contributed by atoms with Crippen molar-refractivity contribution in [2.45, 2.75) is 57.9 Å². The minimum Gasteiger partial charge on any atom is -0.0654 e. The van der Waals surface area contributed by atoms with Gasteiger partial charge in [-0.15, -0.1) is 0 Å². The van der Waals surface area contributed by atoms with Crippen LogP contribution >= 0.6 is 0 Å². The van der Waals surface area contributed by atoms with Gasteiger partial charge < -0.3 is 0 Å². The Balaban J connectivity index is 3.79. The van der Waals surface area contributed by atoms with Gasteiger partial charge in [-0.2, -0.15) is 0 Å². The van der Waals surface area contributed by atoms with Crippen LogP contribution in [-0.2, 0) is 0 Å². The molecule has 0 bridgehead atoms. The maximum atomic E-state index is 8.82. The molecule has 0 aliphatic rings. The summed E-state index contributed by atoms with van der Waals surface area (Å²) in [5.74, 6) is 0. The molecule has 0 aliphatic carbocycles. The van der Waals surface area contributed by atoms with Gasteiger partial charge in [-0.05, 0) is 6.42 Å². The summed E-state index contributed by atoms with van der Waals surface area (Å²) < 4.78 is 0. The second-order valence-electron chi connectivity index (χ2n) is 4.49. The van der Waals surface area contributed by atoms with Crippen LogP contribution in [-0.4, -0.2) is 13.7 Å². The van der Waals surface area contributed by atoms with Crippen LogP contribution in [0.2, 0.25) is 19.6 Å². The van der Waals surface area contributed by atoms with Crippen molar-refractivity contribution in [3.05, 3.63) is 4.98 Å². The topological polar surface area (TPSA) is 28.1 Å². The SMILES string of the molecule is CCCCCC([N+]#N)[Si](C)(C)C. The molecule has 0 N–H and O–H groups in total. The van der Waals surface area contributed by atoms with E-state index >= 15 is 0 Å². The molecule has 3 heteroatoms. The fourth-order valence-corrected chi connectivity index (χ4v) is 2.67. The number of unbranched alkanes of at least 4 members (excludes halogenated alkanes) is 2. The maximum Gasteiger partial charge on any atom is 0.291 e. The largest absolute Gasteiger partial charge is 0.291 e. The third-order valence-electron chi connectivity index (χ3n) is 2.22. The maximum absolute atomic E-state index is 8.82. The second kappa shape index (κ2) is 5.31. The summed E-state index contributed by atoms with van der Waals surface area (Å²) in [6, 6.07) is 0. The molecule has 12 heavy (non-hydrogen) atoms. The van der Waals surface area contributed by atoms with Gasteiger partial charge in [-0.1, -0.05) is 39.4 Å². The van der Waals surface area contributed by atoms with Crippen molar-refractivity contribution in [3.8, 4) is 0 Å².